The van der Waals surface area contributed by atoms with Gasteiger partial charge in [-0.25, -0.2) is 4.79 Å². The minimum absolute atomic E-state index is 0.126. The number of aromatic nitrogens is 3. The summed E-state index contributed by atoms with van der Waals surface area (Å²) in [6, 6.07) is 9.05. The number of nitrogens with one attached hydrogen (secondary N) is 1. The molecule has 0 saturated carbocycles. The van der Waals surface area contributed by atoms with E-state index in [0.717, 1.165) is 10.4 Å². The largest absolute Gasteiger partial charge is 0.462 e. The molecule has 0 aliphatic rings. The lowest BCUT2D eigenvalue weighted by atomic mass is 10.2. The van der Waals surface area contributed by atoms with Crippen molar-refractivity contribution >= 4 is 51.6 Å². The van der Waals surface area contributed by atoms with Crippen molar-refractivity contribution in [3.05, 3.63) is 45.8 Å². The first-order chi connectivity index (χ1) is 13.9. The van der Waals surface area contributed by atoms with Gasteiger partial charge in [0.25, 0.3) is 0 Å². The van der Waals surface area contributed by atoms with Gasteiger partial charge >= 0.3 is 5.97 Å². The van der Waals surface area contributed by atoms with Crippen LogP contribution in [0.25, 0.3) is 11.4 Å². The Hall–Kier alpha value is -2.36. The molecular weight excluding hydrogens is 432 g/mol. The maximum atomic E-state index is 12.4. The molecular formula is C19H19ClN4O3S2. The van der Waals surface area contributed by atoms with E-state index >= 15 is 0 Å². The minimum atomic E-state index is -0.445. The highest BCUT2D eigenvalue weighted by Crippen LogP contribution is 2.29. The van der Waals surface area contributed by atoms with Gasteiger partial charge in [0.15, 0.2) is 11.0 Å². The lowest BCUT2D eigenvalue weighted by Gasteiger charge is -2.06. The highest BCUT2D eigenvalue weighted by molar-refractivity contribution is 7.99. The molecule has 7 nitrogen and oxygen atoms in total. The van der Waals surface area contributed by atoms with Gasteiger partial charge in [-0.3, -0.25) is 4.79 Å². The molecule has 0 atom stereocenters. The number of thioether (sulfide) groups is 1. The van der Waals surface area contributed by atoms with Crippen LogP contribution < -0.4 is 5.32 Å². The van der Waals surface area contributed by atoms with Gasteiger partial charge < -0.3 is 14.6 Å². The monoisotopic (exact) mass is 450 g/mol. The van der Waals surface area contributed by atoms with E-state index in [2.05, 4.69) is 15.5 Å². The van der Waals surface area contributed by atoms with Crippen LogP contribution in [-0.4, -0.2) is 39.0 Å². The highest BCUT2D eigenvalue weighted by Gasteiger charge is 2.19. The Morgan fingerprint density at radius 3 is 2.83 bits per heavy atom. The third-order valence-corrected chi connectivity index (χ3v) is 6.07. The Bertz CT molecular complexity index is 1050. The van der Waals surface area contributed by atoms with Crippen LogP contribution in [0.1, 0.15) is 22.2 Å². The number of carbonyl (C=O) groups excluding carboxylic acids is 2. The van der Waals surface area contributed by atoms with Gasteiger partial charge in [-0.15, -0.1) is 21.5 Å². The van der Waals surface area contributed by atoms with Gasteiger partial charge in [-0.05, 0) is 32.0 Å². The third kappa shape index (κ3) is 5.17. The van der Waals surface area contributed by atoms with E-state index in [9.17, 15) is 9.59 Å². The molecule has 3 rings (SSSR count). The van der Waals surface area contributed by atoms with E-state index in [1.165, 1.54) is 23.1 Å². The van der Waals surface area contributed by atoms with Crippen molar-refractivity contribution < 1.29 is 14.3 Å². The fraction of sp³-hybridized carbons (Fsp3) is 0.263. The van der Waals surface area contributed by atoms with E-state index in [1.54, 1.807) is 19.1 Å². The number of rotatable bonds is 7. The smallest absolute Gasteiger partial charge is 0.341 e. The summed E-state index contributed by atoms with van der Waals surface area (Å²) in [5.74, 6) is 0.101. The molecule has 29 heavy (non-hydrogen) atoms. The summed E-state index contributed by atoms with van der Waals surface area (Å²) < 4.78 is 6.85. The molecule has 10 heteroatoms. The summed E-state index contributed by atoms with van der Waals surface area (Å²) in [6.07, 6.45) is 0. The first-order valence-electron chi connectivity index (χ1n) is 8.74. The van der Waals surface area contributed by atoms with Crippen molar-refractivity contribution in [2.75, 3.05) is 17.7 Å². The molecule has 2 aromatic heterocycles. The first-order valence-corrected chi connectivity index (χ1v) is 10.9. The Morgan fingerprint density at radius 1 is 1.31 bits per heavy atom. The van der Waals surface area contributed by atoms with E-state index in [0.29, 0.717) is 26.6 Å². The molecule has 0 spiro atoms. The number of hydrogen-bond acceptors (Lipinski definition) is 7. The average molecular weight is 451 g/mol. The SMILES string of the molecule is CCOC(=O)c1cc(C)sc1NC(=O)CSc1nnc(-c2cccc(Cl)c2)n1C. The van der Waals surface area contributed by atoms with Crippen LogP contribution in [-0.2, 0) is 16.6 Å². The lowest BCUT2D eigenvalue weighted by molar-refractivity contribution is -0.113. The number of amides is 1. The van der Waals surface area contributed by atoms with Crippen molar-refractivity contribution in [3.8, 4) is 11.4 Å². The Labute approximate surface area is 181 Å². The van der Waals surface area contributed by atoms with Crippen LogP contribution >= 0.6 is 34.7 Å². The number of thiophene rings is 1. The number of benzene rings is 1. The van der Waals surface area contributed by atoms with E-state index in [1.807, 2.05) is 36.7 Å². The third-order valence-electron chi connectivity index (χ3n) is 3.85. The van der Waals surface area contributed by atoms with Gasteiger partial charge in [-0.2, -0.15) is 0 Å². The van der Waals surface area contributed by atoms with Crippen molar-refractivity contribution in [1.82, 2.24) is 14.8 Å². The second-order valence-electron chi connectivity index (χ2n) is 6.03. The zero-order valence-corrected chi connectivity index (χ0v) is 18.5. The zero-order chi connectivity index (χ0) is 21.0. The number of ether oxygens (including phenoxy) is 1. The van der Waals surface area contributed by atoms with Crippen LogP contribution in [0.5, 0.6) is 0 Å². The Kier molecular flexibility index (Phi) is 6.94. The standard InChI is InChI=1S/C19H19ClN4O3S2/c1-4-27-18(26)14-8-11(2)29-17(14)21-15(25)10-28-19-23-22-16(24(19)3)12-6-5-7-13(20)9-12/h5-9H,4,10H2,1-3H3,(H,21,25). The molecule has 3 aromatic rings. The van der Waals surface area contributed by atoms with Gasteiger partial charge in [0.2, 0.25) is 5.91 Å². The molecule has 0 fully saturated rings. The highest BCUT2D eigenvalue weighted by atomic mass is 35.5. The van der Waals surface area contributed by atoms with Crippen molar-refractivity contribution in [3.63, 3.8) is 0 Å². The van der Waals surface area contributed by atoms with Crippen molar-refractivity contribution in [2.45, 2.75) is 19.0 Å². The van der Waals surface area contributed by atoms with Gasteiger partial charge in [0, 0.05) is 22.5 Å². The molecule has 0 aliphatic carbocycles. The minimum Gasteiger partial charge on any atom is -0.462 e. The van der Waals surface area contributed by atoms with Gasteiger partial charge in [-0.1, -0.05) is 35.5 Å². The number of halogens is 1. The summed E-state index contributed by atoms with van der Waals surface area (Å²) in [4.78, 5) is 25.4. The maximum Gasteiger partial charge on any atom is 0.341 e. The number of anilines is 1. The van der Waals surface area contributed by atoms with Crippen LogP contribution in [0, 0.1) is 6.92 Å². The molecule has 0 aliphatic heterocycles. The molecule has 1 aromatic carbocycles. The van der Waals surface area contributed by atoms with Crippen LogP contribution in [0.2, 0.25) is 5.02 Å². The Morgan fingerprint density at radius 2 is 2.10 bits per heavy atom. The number of nitrogens with zero attached hydrogens (tertiary/aromatic N) is 3. The predicted octanol–water partition coefficient (Wildman–Crippen LogP) is 4.41. The lowest BCUT2D eigenvalue weighted by Crippen LogP contribution is -2.16. The molecule has 0 bridgehead atoms. The van der Waals surface area contributed by atoms with Crippen molar-refractivity contribution in [1.29, 1.82) is 0 Å². The zero-order valence-electron chi connectivity index (χ0n) is 16.1. The molecule has 152 valence electrons. The van der Waals surface area contributed by atoms with E-state index in [-0.39, 0.29) is 18.3 Å². The fourth-order valence-electron chi connectivity index (χ4n) is 2.58. The molecule has 2 heterocycles. The normalized spacial score (nSPS) is 10.8. The fourth-order valence-corrected chi connectivity index (χ4v) is 4.40. The van der Waals surface area contributed by atoms with Crippen LogP contribution in [0.4, 0.5) is 5.00 Å². The molecule has 0 radical (unpaired) electrons. The summed E-state index contributed by atoms with van der Waals surface area (Å²) in [5.41, 5.74) is 1.21. The quantitative estimate of drug-likeness (QED) is 0.423. The van der Waals surface area contributed by atoms with E-state index in [4.69, 9.17) is 16.3 Å². The van der Waals surface area contributed by atoms with Crippen molar-refractivity contribution in [2.24, 2.45) is 7.05 Å². The topological polar surface area (TPSA) is 86.1 Å². The second kappa shape index (κ2) is 9.43. The summed E-state index contributed by atoms with van der Waals surface area (Å²) in [5, 5.41) is 12.8. The van der Waals surface area contributed by atoms with Gasteiger partial charge in [0.1, 0.15) is 5.00 Å². The molecule has 0 unspecified atom stereocenters. The number of esters is 1. The summed E-state index contributed by atoms with van der Waals surface area (Å²) in [6.45, 7) is 3.89. The summed E-state index contributed by atoms with van der Waals surface area (Å²) in [7, 11) is 1.83. The number of hydrogen-bond donors (Lipinski definition) is 1. The van der Waals surface area contributed by atoms with Crippen LogP contribution in [0.15, 0.2) is 35.5 Å². The van der Waals surface area contributed by atoms with Gasteiger partial charge in [0.05, 0.1) is 17.9 Å². The number of aryl methyl sites for hydroxylation is 1. The average Bonchev–Trinajstić information content (AvgIpc) is 3.22. The molecule has 1 amide bonds. The molecule has 0 saturated heterocycles. The second-order valence-corrected chi connectivity index (χ2v) is 8.67. The van der Waals surface area contributed by atoms with Crippen LogP contribution in [0.3, 0.4) is 0 Å². The predicted molar refractivity (Wildman–Crippen MR) is 116 cm³/mol. The molecule has 1 N–H and O–H groups in total. The summed E-state index contributed by atoms with van der Waals surface area (Å²) >= 11 is 8.64. The first kappa shape index (κ1) is 21.4. The van der Waals surface area contributed by atoms with E-state index < -0.39 is 5.97 Å². The Balaban J connectivity index is 1.66. The maximum absolute atomic E-state index is 12.4. The number of carbonyl (C=O) groups is 2.